The van der Waals surface area contributed by atoms with Gasteiger partial charge in [-0.05, 0) is 37.3 Å². The second kappa shape index (κ2) is 3.48. The first-order valence-corrected chi connectivity index (χ1v) is 5.90. The molecule has 2 N–H and O–H groups in total. The lowest BCUT2D eigenvalue weighted by Crippen LogP contribution is -2.02. The van der Waals surface area contributed by atoms with E-state index in [-0.39, 0.29) is 0 Å². The summed E-state index contributed by atoms with van der Waals surface area (Å²) in [5.41, 5.74) is 11.3. The summed E-state index contributed by atoms with van der Waals surface area (Å²) in [6, 6.07) is 5.96. The van der Waals surface area contributed by atoms with Crippen molar-refractivity contribution in [2.24, 2.45) is 0 Å². The lowest BCUT2D eigenvalue weighted by Gasteiger charge is -2.07. The first-order chi connectivity index (χ1) is 7.77. The molecule has 82 valence electrons. The van der Waals surface area contributed by atoms with Gasteiger partial charge in [-0.3, -0.25) is 4.79 Å². The van der Waals surface area contributed by atoms with Gasteiger partial charge in [0.1, 0.15) is 0 Å². The third kappa shape index (κ3) is 1.29. The summed E-state index contributed by atoms with van der Waals surface area (Å²) in [5, 5.41) is 0. The summed E-state index contributed by atoms with van der Waals surface area (Å²) in [6.45, 7) is 0. The van der Waals surface area contributed by atoms with Crippen LogP contribution in [-0.2, 0) is 11.2 Å². The van der Waals surface area contributed by atoms with Crippen molar-refractivity contribution in [3.63, 3.8) is 0 Å². The van der Waals surface area contributed by atoms with Crippen molar-refractivity contribution in [3.8, 4) is 0 Å². The molecule has 0 amide bonds. The van der Waals surface area contributed by atoms with Crippen LogP contribution in [0.15, 0.2) is 23.8 Å². The third-order valence-corrected chi connectivity index (χ3v) is 3.60. The predicted molar refractivity (Wildman–Crippen MR) is 65.0 cm³/mol. The Hall–Kier alpha value is -1.57. The number of hydrogen-bond donors (Lipinski definition) is 1. The first-order valence-electron chi connectivity index (χ1n) is 5.90. The smallest absolute Gasteiger partial charge is 0.163 e. The maximum Gasteiger partial charge on any atom is 0.163 e. The lowest BCUT2D eigenvalue weighted by molar-refractivity contribution is -0.113. The minimum absolute atomic E-state index is 0.296. The highest BCUT2D eigenvalue weighted by Crippen LogP contribution is 2.41. The van der Waals surface area contributed by atoms with E-state index < -0.39 is 0 Å². The highest BCUT2D eigenvalue weighted by atomic mass is 16.1. The van der Waals surface area contributed by atoms with Gasteiger partial charge in [-0.25, -0.2) is 0 Å². The van der Waals surface area contributed by atoms with E-state index in [1.807, 2.05) is 12.1 Å². The molecule has 0 aromatic heterocycles. The van der Waals surface area contributed by atoms with Gasteiger partial charge in [0.15, 0.2) is 5.78 Å². The van der Waals surface area contributed by atoms with Gasteiger partial charge in [0.05, 0.1) is 0 Å². The molecule has 1 aromatic rings. The van der Waals surface area contributed by atoms with Crippen LogP contribution in [0.3, 0.4) is 0 Å². The normalized spacial score (nSPS) is 19.4. The molecular weight excluding hydrogens is 198 g/mol. The van der Waals surface area contributed by atoms with Crippen LogP contribution in [0.5, 0.6) is 0 Å². The van der Waals surface area contributed by atoms with Gasteiger partial charge in [0, 0.05) is 23.2 Å². The highest BCUT2D eigenvalue weighted by molar-refractivity contribution is 6.24. The van der Waals surface area contributed by atoms with Crippen LogP contribution in [0.1, 0.15) is 36.8 Å². The van der Waals surface area contributed by atoms with E-state index in [1.165, 1.54) is 11.1 Å². The van der Waals surface area contributed by atoms with Gasteiger partial charge < -0.3 is 5.73 Å². The number of allylic oxidation sites excluding steroid dienone is 2. The van der Waals surface area contributed by atoms with E-state index >= 15 is 0 Å². The molecule has 0 heterocycles. The first kappa shape index (κ1) is 9.64. The average Bonchev–Trinajstić information content (AvgIpc) is 2.55. The molecule has 2 aliphatic carbocycles. The van der Waals surface area contributed by atoms with E-state index in [9.17, 15) is 4.79 Å². The van der Waals surface area contributed by atoms with Crippen LogP contribution in [0.2, 0.25) is 0 Å². The Morgan fingerprint density at radius 3 is 2.81 bits per heavy atom. The zero-order valence-electron chi connectivity index (χ0n) is 9.25. The number of anilines is 1. The molecule has 16 heavy (non-hydrogen) atoms. The maximum absolute atomic E-state index is 12.1. The van der Waals surface area contributed by atoms with Crippen molar-refractivity contribution in [2.45, 2.75) is 32.1 Å². The number of carbonyl (C=O) groups excluding carboxylic acids is 1. The minimum Gasteiger partial charge on any atom is -0.398 e. The van der Waals surface area contributed by atoms with E-state index in [2.05, 4.69) is 6.07 Å². The van der Waals surface area contributed by atoms with Crippen LogP contribution in [0.25, 0.3) is 5.57 Å². The fraction of sp³-hybridized carbons (Fsp3) is 0.357. The van der Waals surface area contributed by atoms with Crippen LogP contribution < -0.4 is 5.73 Å². The van der Waals surface area contributed by atoms with E-state index in [0.717, 1.165) is 42.5 Å². The van der Waals surface area contributed by atoms with Gasteiger partial charge in [0.25, 0.3) is 0 Å². The van der Waals surface area contributed by atoms with E-state index in [1.54, 1.807) is 0 Å². The number of benzene rings is 1. The van der Waals surface area contributed by atoms with Crippen molar-refractivity contribution < 1.29 is 4.79 Å². The molecule has 0 bridgehead atoms. The lowest BCUT2D eigenvalue weighted by atomic mass is 9.98. The molecule has 3 rings (SSSR count). The molecule has 0 fully saturated rings. The van der Waals surface area contributed by atoms with Crippen LogP contribution in [0, 0.1) is 0 Å². The monoisotopic (exact) mass is 213 g/mol. The van der Waals surface area contributed by atoms with Gasteiger partial charge in [-0.2, -0.15) is 0 Å². The quantitative estimate of drug-likeness (QED) is 0.673. The second-order valence-corrected chi connectivity index (χ2v) is 4.67. The summed E-state index contributed by atoms with van der Waals surface area (Å²) in [5.74, 6) is 0.296. The summed E-state index contributed by atoms with van der Waals surface area (Å²) in [6.07, 6.45) is 4.84. The number of nitrogens with two attached hydrogens (primary N) is 1. The second-order valence-electron chi connectivity index (χ2n) is 4.67. The number of carbonyl (C=O) groups is 1. The van der Waals surface area contributed by atoms with Crippen LogP contribution >= 0.6 is 0 Å². The minimum atomic E-state index is 0.296. The molecule has 0 saturated heterocycles. The summed E-state index contributed by atoms with van der Waals surface area (Å²) < 4.78 is 0. The molecule has 0 spiro atoms. The number of Topliss-reactive ketones (excluding diaryl/α,β-unsaturated/α-hetero) is 1. The number of nitrogen functional groups attached to an aromatic ring is 1. The van der Waals surface area contributed by atoms with Crippen molar-refractivity contribution in [1.29, 1.82) is 0 Å². The van der Waals surface area contributed by atoms with Crippen LogP contribution in [0.4, 0.5) is 5.69 Å². The molecule has 2 aliphatic rings. The van der Waals surface area contributed by atoms with E-state index in [0.29, 0.717) is 12.2 Å². The Kier molecular flexibility index (Phi) is 2.10. The Labute approximate surface area is 95.2 Å². The molecule has 2 heteroatoms. The molecule has 0 saturated carbocycles. The standard InChI is InChI=1S/C14H15NO/c15-11-6-3-5-9-8-10-4-1-2-7-12(16)14(10)13(9)11/h3,5-6H,1-2,4,7-8,15H2. The fourth-order valence-corrected chi connectivity index (χ4v) is 2.87. The van der Waals surface area contributed by atoms with Crippen molar-refractivity contribution in [3.05, 3.63) is 34.9 Å². The van der Waals surface area contributed by atoms with Crippen molar-refractivity contribution in [1.82, 2.24) is 0 Å². The third-order valence-electron chi connectivity index (χ3n) is 3.60. The Morgan fingerprint density at radius 1 is 1.12 bits per heavy atom. The highest BCUT2D eigenvalue weighted by Gasteiger charge is 2.29. The predicted octanol–water partition coefficient (Wildman–Crippen LogP) is 2.72. The fourth-order valence-electron chi connectivity index (χ4n) is 2.87. The largest absolute Gasteiger partial charge is 0.398 e. The zero-order chi connectivity index (χ0) is 11.1. The molecule has 1 aromatic carbocycles. The van der Waals surface area contributed by atoms with Crippen molar-refractivity contribution >= 4 is 17.0 Å². The molecule has 0 atom stereocenters. The SMILES string of the molecule is Nc1cccc2c1C1=C(CCCCC1=O)C2. The van der Waals surface area contributed by atoms with Gasteiger partial charge in [-0.15, -0.1) is 0 Å². The van der Waals surface area contributed by atoms with E-state index in [4.69, 9.17) is 5.73 Å². The Morgan fingerprint density at radius 2 is 1.94 bits per heavy atom. The topological polar surface area (TPSA) is 43.1 Å². The van der Waals surface area contributed by atoms with Gasteiger partial charge >= 0.3 is 0 Å². The molecule has 0 unspecified atom stereocenters. The Bertz CT molecular complexity index is 499. The molecule has 2 nitrogen and oxygen atoms in total. The number of hydrogen-bond acceptors (Lipinski definition) is 2. The molecule has 0 aliphatic heterocycles. The number of ketones is 1. The van der Waals surface area contributed by atoms with Crippen LogP contribution in [-0.4, -0.2) is 5.78 Å². The Balaban J connectivity index is 2.18. The summed E-state index contributed by atoms with van der Waals surface area (Å²) in [7, 11) is 0. The molecule has 0 radical (unpaired) electrons. The zero-order valence-corrected chi connectivity index (χ0v) is 9.25. The van der Waals surface area contributed by atoms with Gasteiger partial charge in [-0.1, -0.05) is 17.7 Å². The maximum atomic E-state index is 12.1. The molecular formula is C14H15NO. The van der Waals surface area contributed by atoms with Crippen molar-refractivity contribution in [2.75, 3.05) is 5.73 Å². The van der Waals surface area contributed by atoms with Gasteiger partial charge in [0.2, 0.25) is 0 Å². The number of rotatable bonds is 0. The summed E-state index contributed by atoms with van der Waals surface area (Å²) >= 11 is 0. The average molecular weight is 213 g/mol. The summed E-state index contributed by atoms with van der Waals surface area (Å²) in [4.78, 5) is 12.1. The number of fused-ring (bicyclic) bond motifs is 2.